The average Bonchev–Trinajstić information content (AvgIpc) is 2.86. The number of likely N-dealkylation sites (tertiary alicyclic amines) is 1. The van der Waals surface area contributed by atoms with Crippen molar-refractivity contribution in [2.75, 3.05) is 33.8 Å². The monoisotopic (exact) mass is 276 g/mol. The first-order chi connectivity index (χ1) is 9.62. The third-order valence-corrected chi connectivity index (χ3v) is 4.29. The van der Waals surface area contributed by atoms with E-state index in [2.05, 4.69) is 49.3 Å². The first kappa shape index (κ1) is 15.5. The third kappa shape index (κ3) is 4.05. The highest BCUT2D eigenvalue weighted by molar-refractivity contribution is 5.30. The summed E-state index contributed by atoms with van der Waals surface area (Å²) in [5.41, 5.74) is 4.11. The molecule has 0 bridgehead atoms. The Morgan fingerprint density at radius 1 is 1.30 bits per heavy atom. The normalized spacial score (nSPS) is 21.3. The second-order valence-electron chi connectivity index (χ2n) is 6.00. The standard InChI is InChI=1S/C17H28N2O/c1-13-9-14(2)11-15(10-13)17(18-3)6-8-19-7-5-16(12-19)20-4/h9-11,16-18H,5-8,12H2,1-4H3. The Labute approximate surface area is 123 Å². The Bertz CT molecular complexity index is 413. The van der Waals surface area contributed by atoms with Crippen molar-refractivity contribution in [3.05, 3.63) is 34.9 Å². The van der Waals surface area contributed by atoms with E-state index in [9.17, 15) is 0 Å². The predicted molar refractivity (Wildman–Crippen MR) is 84.2 cm³/mol. The Balaban J connectivity index is 1.92. The summed E-state index contributed by atoms with van der Waals surface area (Å²) >= 11 is 0. The van der Waals surface area contributed by atoms with E-state index in [1.807, 2.05) is 7.11 Å². The van der Waals surface area contributed by atoms with Gasteiger partial charge in [-0.1, -0.05) is 29.3 Å². The maximum Gasteiger partial charge on any atom is 0.0710 e. The molecule has 1 N–H and O–H groups in total. The summed E-state index contributed by atoms with van der Waals surface area (Å²) in [6, 6.07) is 7.28. The Morgan fingerprint density at radius 3 is 2.55 bits per heavy atom. The maximum absolute atomic E-state index is 5.43. The smallest absolute Gasteiger partial charge is 0.0710 e. The fourth-order valence-electron chi connectivity index (χ4n) is 3.19. The Kier molecular flexibility index (Phi) is 5.58. The molecule has 3 nitrogen and oxygen atoms in total. The lowest BCUT2D eigenvalue weighted by molar-refractivity contribution is 0.107. The largest absolute Gasteiger partial charge is 0.380 e. The number of hydrogen-bond acceptors (Lipinski definition) is 3. The molecule has 1 aromatic rings. The molecule has 2 atom stereocenters. The summed E-state index contributed by atoms with van der Waals surface area (Å²) in [7, 11) is 3.88. The zero-order chi connectivity index (χ0) is 14.5. The number of nitrogens with zero attached hydrogens (tertiary/aromatic N) is 1. The minimum Gasteiger partial charge on any atom is -0.380 e. The Hall–Kier alpha value is -0.900. The highest BCUT2D eigenvalue weighted by atomic mass is 16.5. The van der Waals surface area contributed by atoms with Gasteiger partial charge in [0.2, 0.25) is 0 Å². The molecular weight excluding hydrogens is 248 g/mol. The average molecular weight is 276 g/mol. The van der Waals surface area contributed by atoms with E-state index in [0.29, 0.717) is 12.1 Å². The molecule has 1 aliphatic heterocycles. The van der Waals surface area contributed by atoms with Crippen molar-refractivity contribution in [1.82, 2.24) is 10.2 Å². The molecule has 0 aromatic heterocycles. The van der Waals surface area contributed by atoms with Gasteiger partial charge in [-0.3, -0.25) is 0 Å². The molecule has 1 aliphatic rings. The molecule has 0 aliphatic carbocycles. The lowest BCUT2D eigenvalue weighted by Gasteiger charge is -2.22. The number of ether oxygens (including phenoxy) is 1. The third-order valence-electron chi connectivity index (χ3n) is 4.29. The maximum atomic E-state index is 5.43. The van der Waals surface area contributed by atoms with E-state index < -0.39 is 0 Å². The molecule has 0 amide bonds. The van der Waals surface area contributed by atoms with Crippen molar-refractivity contribution < 1.29 is 4.74 Å². The van der Waals surface area contributed by atoms with Gasteiger partial charge in [0.1, 0.15) is 0 Å². The van der Waals surface area contributed by atoms with Gasteiger partial charge in [-0.15, -0.1) is 0 Å². The van der Waals surface area contributed by atoms with Gasteiger partial charge < -0.3 is 15.0 Å². The van der Waals surface area contributed by atoms with E-state index in [0.717, 1.165) is 19.5 Å². The fraction of sp³-hybridized carbons (Fsp3) is 0.647. The fourth-order valence-corrected chi connectivity index (χ4v) is 3.19. The van der Waals surface area contributed by atoms with Gasteiger partial charge in [-0.05, 0) is 39.3 Å². The number of aryl methyl sites for hydroxylation is 2. The van der Waals surface area contributed by atoms with Crippen molar-refractivity contribution in [3.63, 3.8) is 0 Å². The highest BCUT2D eigenvalue weighted by Gasteiger charge is 2.22. The molecule has 2 rings (SSSR count). The van der Waals surface area contributed by atoms with Crippen LogP contribution in [0.5, 0.6) is 0 Å². The van der Waals surface area contributed by atoms with Gasteiger partial charge >= 0.3 is 0 Å². The molecular formula is C17H28N2O. The van der Waals surface area contributed by atoms with Crippen molar-refractivity contribution in [3.8, 4) is 0 Å². The van der Waals surface area contributed by atoms with E-state index in [-0.39, 0.29) is 0 Å². The molecule has 112 valence electrons. The van der Waals surface area contributed by atoms with Crippen molar-refractivity contribution in [2.24, 2.45) is 0 Å². The van der Waals surface area contributed by atoms with Crippen LogP contribution >= 0.6 is 0 Å². The van der Waals surface area contributed by atoms with Crippen LogP contribution < -0.4 is 5.32 Å². The van der Waals surface area contributed by atoms with Crippen LogP contribution in [0.3, 0.4) is 0 Å². The summed E-state index contributed by atoms with van der Waals surface area (Å²) in [4.78, 5) is 2.52. The molecule has 0 spiro atoms. The molecule has 1 heterocycles. The number of hydrogen-bond donors (Lipinski definition) is 1. The van der Waals surface area contributed by atoms with Gasteiger partial charge in [0.05, 0.1) is 6.10 Å². The van der Waals surface area contributed by atoms with Crippen molar-refractivity contribution >= 4 is 0 Å². The molecule has 0 saturated carbocycles. The Morgan fingerprint density at radius 2 is 2.00 bits per heavy atom. The summed E-state index contributed by atoms with van der Waals surface area (Å²) in [6.45, 7) is 7.74. The van der Waals surface area contributed by atoms with E-state index in [1.165, 1.54) is 29.7 Å². The molecule has 3 heteroatoms. The lowest BCUT2D eigenvalue weighted by Crippen LogP contribution is -2.28. The van der Waals surface area contributed by atoms with E-state index in [1.54, 1.807) is 0 Å². The molecule has 2 unspecified atom stereocenters. The van der Waals surface area contributed by atoms with Crippen molar-refractivity contribution in [2.45, 2.75) is 38.8 Å². The summed E-state index contributed by atoms with van der Waals surface area (Å²) < 4.78 is 5.43. The zero-order valence-corrected chi connectivity index (χ0v) is 13.3. The second-order valence-corrected chi connectivity index (χ2v) is 6.00. The second kappa shape index (κ2) is 7.21. The minimum absolute atomic E-state index is 0.434. The molecule has 0 radical (unpaired) electrons. The first-order valence-electron chi connectivity index (χ1n) is 7.63. The molecule has 1 fully saturated rings. The minimum atomic E-state index is 0.434. The van der Waals surface area contributed by atoms with Crippen LogP contribution in [0, 0.1) is 13.8 Å². The summed E-state index contributed by atoms with van der Waals surface area (Å²) in [5, 5.41) is 3.46. The number of benzene rings is 1. The number of nitrogens with one attached hydrogen (secondary N) is 1. The predicted octanol–water partition coefficient (Wildman–Crippen LogP) is 2.67. The molecule has 1 aromatic carbocycles. The first-order valence-corrected chi connectivity index (χ1v) is 7.63. The molecule has 20 heavy (non-hydrogen) atoms. The van der Waals surface area contributed by atoms with Gasteiger partial charge in [0, 0.05) is 32.8 Å². The summed E-state index contributed by atoms with van der Waals surface area (Å²) in [6.07, 6.45) is 2.75. The van der Waals surface area contributed by atoms with Crippen LogP contribution in [-0.2, 0) is 4.74 Å². The van der Waals surface area contributed by atoms with Gasteiger partial charge in [-0.2, -0.15) is 0 Å². The zero-order valence-electron chi connectivity index (χ0n) is 13.3. The number of methoxy groups -OCH3 is 1. The topological polar surface area (TPSA) is 24.5 Å². The quantitative estimate of drug-likeness (QED) is 0.864. The van der Waals surface area contributed by atoms with E-state index in [4.69, 9.17) is 4.74 Å². The van der Waals surface area contributed by atoms with Gasteiger partial charge in [0.15, 0.2) is 0 Å². The van der Waals surface area contributed by atoms with Gasteiger partial charge in [0.25, 0.3) is 0 Å². The van der Waals surface area contributed by atoms with Crippen LogP contribution in [0.4, 0.5) is 0 Å². The van der Waals surface area contributed by atoms with Crippen molar-refractivity contribution in [1.29, 1.82) is 0 Å². The van der Waals surface area contributed by atoms with Crippen LogP contribution in [0.1, 0.15) is 35.6 Å². The number of rotatable bonds is 6. The highest BCUT2D eigenvalue weighted by Crippen LogP contribution is 2.21. The van der Waals surface area contributed by atoms with Crippen LogP contribution in [0.15, 0.2) is 18.2 Å². The SMILES string of the molecule is CNC(CCN1CCC(OC)C1)c1cc(C)cc(C)c1. The van der Waals surface area contributed by atoms with Crippen LogP contribution in [-0.4, -0.2) is 44.8 Å². The van der Waals surface area contributed by atoms with Crippen LogP contribution in [0.25, 0.3) is 0 Å². The van der Waals surface area contributed by atoms with Gasteiger partial charge in [-0.25, -0.2) is 0 Å². The lowest BCUT2D eigenvalue weighted by atomic mass is 9.99. The van der Waals surface area contributed by atoms with E-state index >= 15 is 0 Å². The summed E-state index contributed by atoms with van der Waals surface area (Å²) in [5.74, 6) is 0. The van der Waals surface area contributed by atoms with Crippen LogP contribution in [0.2, 0.25) is 0 Å². The molecule has 1 saturated heterocycles.